The molecule has 31 heavy (non-hydrogen) atoms. The maximum absolute atomic E-state index is 13.4. The minimum absolute atomic E-state index is 0.0277. The molecule has 0 spiro atoms. The van der Waals surface area contributed by atoms with E-state index in [1.165, 1.54) is 6.20 Å². The Kier molecular flexibility index (Phi) is 5.90. The molecule has 10 heteroatoms. The van der Waals surface area contributed by atoms with Crippen LogP contribution in [0.4, 0.5) is 10.6 Å². The number of nitrogens with zero attached hydrogens (tertiary/aromatic N) is 5. The number of hydrogen-bond acceptors (Lipinski definition) is 5. The second kappa shape index (κ2) is 8.47. The number of amides is 3. The van der Waals surface area contributed by atoms with E-state index in [1.807, 2.05) is 9.80 Å². The van der Waals surface area contributed by atoms with E-state index in [4.69, 9.17) is 11.6 Å². The van der Waals surface area contributed by atoms with Crippen LogP contribution in [-0.4, -0.2) is 74.0 Å². The zero-order chi connectivity index (χ0) is 22.3. The molecule has 2 aromatic heterocycles. The molecule has 1 fully saturated rings. The van der Waals surface area contributed by atoms with Crippen LogP contribution in [0.25, 0.3) is 0 Å². The van der Waals surface area contributed by atoms with Crippen molar-refractivity contribution >= 4 is 29.4 Å². The number of halogens is 1. The maximum atomic E-state index is 13.4. The van der Waals surface area contributed by atoms with Crippen molar-refractivity contribution < 1.29 is 9.59 Å². The number of piperazine rings is 1. The van der Waals surface area contributed by atoms with Crippen LogP contribution in [0.15, 0.2) is 18.3 Å². The monoisotopic (exact) mass is 445 g/mol. The molecule has 0 bridgehead atoms. The number of pyridine rings is 1. The first-order valence-corrected chi connectivity index (χ1v) is 10.9. The van der Waals surface area contributed by atoms with Gasteiger partial charge in [-0.15, -0.1) is 0 Å². The molecule has 4 heterocycles. The molecule has 0 aliphatic carbocycles. The summed E-state index contributed by atoms with van der Waals surface area (Å²) >= 11 is 5.84. The van der Waals surface area contributed by atoms with Crippen LogP contribution in [0.1, 0.15) is 42.5 Å². The molecule has 1 unspecified atom stereocenters. The number of likely N-dealkylation sites (N-methyl/N-ethyl adjacent to an activating group) is 1. The lowest BCUT2D eigenvalue weighted by Gasteiger charge is -2.46. The Hall–Kier alpha value is -2.65. The highest BCUT2D eigenvalue weighted by molar-refractivity contribution is 6.30. The second-order valence-corrected chi connectivity index (χ2v) is 9.17. The van der Waals surface area contributed by atoms with Crippen molar-refractivity contribution in [1.82, 2.24) is 29.9 Å². The molecule has 9 nitrogen and oxygen atoms in total. The van der Waals surface area contributed by atoms with Crippen LogP contribution in [-0.2, 0) is 13.1 Å². The van der Waals surface area contributed by atoms with Crippen LogP contribution in [0.3, 0.4) is 0 Å². The van der Waals surface area contributed by atoms with Gasteiger partial charge in [-0.2, -0.15) is 5.10 Å². The predicted octanol–water partition coefficient (Wildman–Crippen LogP) is 2.81. The highest BCUT2D eigenvalue weighted by Crippen LogP contribution is 2.30. The molecule has 0 aromatic carbocycles. The highest BCUT2D eigenvalue weighted by Gasteiger charge is 2.39. The average molecular weight is 446 g/mol. The molecular formula is C21H28ClN7O2. The normalized spacial score (nSPS) is 21.5. The van der Waals surface area contributed by atoms with E-state index >= 15 is 0 Å². The number of carbonyl (C=O) groups is 2. The summed E-state index contributed by atoms with van der Waals surface area (Å²) < 4.78 is 0. The Morgan fingerprint density at radius 3 is 2.71 bits per heavy atom. The number of H-pyrrole nitrogens is 1. The Morgan fingerprint density at radius 2 is 2.03 bits per heavy atom. The fourth-order valence-electron chi connectivity index (χ4n) is 4.17. The molecule has 2 atom stereocenters. The summed E-state index contributed by atoms with van der Waals surface area (Å²) in [6.45, 7) is 8.87. The van der Waals surface area contributed by atoms with Crippen molar-refractivity contribution in [1.29, 1.82) is 0 Å². The van der Waals surface area contributed by atoms with Crippen LogP contribution in [0.5, 0.6) is 0 Å². The Balaban J connectivity index is 1.46. The van der Waals surface area contributed by atoms with Gasteiger partial charge in [0.05, 0.1) is 23.8 Å². The number of rotatable bonds is 3. The molecule has 2 aliphatic heterocycles. The molecule has 2 aliphatic rings. The second-order valence-electron chi connectivity index (χ2n) is 8.74. The summed E-state index contributed by atoms with van der Waals surface area (Å²) in [5.74, 6) is 0.422. The van der Waals surface area contributed by atoms with Crippen LogP contribution in [0.2, 0.25) is 5.02 Å². The largest absolute Gasteiger partial charge is 0.321 e. The van der Waals surface area contributed by atoms with Gasteiger partial charge in [0.1, 0.15) is 5.69 Å². The van der Waals surface area contributed by atoms with Gasteiger partial charge in [-0.05, 0) is 32.0 Å². The molecule has 0 saturated carbocycles. The van der Waals surface area contributed by atoms with Gasteiger partial charge in [0.15, 0.2) is 5.82 Å². The minimum Gasteiger partial charge on any atom is -0.319 e. The fraction of sp³-hybridized carbons (Fsp3) is 0.524. The molecule has 1 saturated heterocycles. The van der Waals surface area contributed by atoms with E-state index < -0.39 is 0 Å². The molecule has 2 N–H and O–H groups in total. The summed E-state index contributed by atoms with van der Waals surface area (Å²) in [4.78, 5) is 36.1. The van der Waals surface area contributed by atoms with Crippen molar-refractivity contribution in [3.63, 3.8) is 0 Å². The summed E-state index contributed by atoms with van der Waals surface area (Å²) in [5.41, 5.74) is 1.92. The van der Waals surface area contributed by atoms with E-state index in [9.17, 15) is 9.59 Å². The number of carbonyl (C=O) groups excluding carboxylic acids is 2. The summed E-state index contributed by atoms with van der Waals surface area (Å²) in [6.07, 6.45) is 1.42. The van der Waals surface area contributed by atoms with Gasteiger partial charge in [-0.1, -0.05) is 25.4 Å². The summed E-state index contributed by atoms with van der Waals surface area (Å²) in [6, 6.07) is 3.67. The van der Waals surface area contributed by atoms with E-state index in [0.29, 0.717) is 42.4 Å². The van der Waals surface area contributed by atoms with Gasteiger partial charge in [0, 0.05) is 36.9 Å². The number of nitrogens with one attached hydrogen (secondary N) is 2. The van der Waals surface area contributed by atoms with E-state index in [0.717, 1.165) is 17.8 Å². The fourth-order valence-corrected chi connectivity index (χ4v) is 4.28. The lowest BCUT2D eigenvalue weighted by atomic mass is 9.98. The highest BCUT2D eigenvalue weighted by atomic mass is 35.5. The first kappa shape index (κ1) is 21.6. The van der Waals surface area contributed by atoms with Crippen LogP contribution >= 0.6 is 11.6 Å². The Morgan fingerprint density at radius 1 is 1.26 bits per heavy atom. The maximum Gasteiger partial charge on any atom is 0.321 e. The number of aromatic nitrogens is 3. The lowest BCUT2D eigenvalue weighted by molar-refractivity contribution is 0.0386. The van der Waals surface area contributed by atoms with Gasteiger partial charge < -0.3 is 15.1 Å². The third-order valence-electron chi connectivity index (χ3n) is 6.22. The van der Waals surface area contributed by atoms with Gasteiger partial charge in [-0.25, -0.2) is 9.78 Å². The number of hydrogen-bond donors (Lipinski definition) is 2. The van der Waals surface area contributed by atoms with Gasteiger partial charge in [-0.3, -0.25) is 14.8 Å². The van der Waals surface area contributed by atoms with Crippen molar-refractivity contribution in [3.05, 3.63) is 40.3 Å². The van der Waals surface area contributed by atoms with Crippen molar-refractivity contribution in [2.75, 3.05) is 25.5 Å². The molecule has 4 rings (SSSR count). The SMILES string of the molecule is CC(C)[C@H]1CN(C)C(C)CN1C(=O)N1Cc2[nH]nc(NC(=O)c3ccc(Cl)cn3)c2C1. The molecular weight excluding hydrogens is 418 g/mol. The van der Waals surface area contributed by atoms with Crippen LogP contribution in [0, 0.1) is 5.92 Å². The van der Waals surface area contributed by atoms with Gasteiger partial charge in [0.25, 0.3) is 5.91 Å². The Bertz CT molecular complexity index is 975. The first-order chi connectivity index (χ1) is 14.7. The standard InChI is InChI=1S/C21H28ClN7O2/c1-12(2)18-11-27(4)13(3)8-29(18)21(31)28-9-15-17(10-28)25-26-19(15)24-20(30)16-6-5-14(22)7-23-16/h5-7,12-13,18H,8-11H2,1-4H3,(H2,24,25,26,30)/t13?,18-/m1/s1. The van der Waals surface area contributed by atoms with Crippen molar-refractivity contribution in [3.8, 4) is 0 Å². The predicted molar refractivity (Wildman–Crippen MR) is 118 cm³/mol. The number of fused-ring (bicyclic) bond motifs is 1. The number of aromatic amines is 1. The smallest absolute Gasteiger partial charge is 0.319 e. The van der Waals surface area contributed by atoms with Crippen molar-refractivity contribution in [2.24, 2.45) is 5.92 Å². The quantitative estimate of drug-likeness (QED) is 0.757. The third-order valence-corrected chi connectivity index (χ3v) is 6.44. The molecule has 0 radical (unpaired) electrons. The minimum atomic E-state index is -0.372. The zero-order valence-corrected chi connectivity index (χ0v) is 19.0. The van der Waals surface area contributed by atoms with E-state index in [1.54, 1.807) is 12.1 Å². The summed E-state index contributed by atoms with van der Waals surface area (Å²) in [5, 5.41) is 10.4. The summed E-state index contributed by atoms with van der Waals surface area (Å²) in [7, 11) is 2.11. The number of urea groups is 1. The number of anilines is 1. The van der Waals surface area contributed by atoms with E-state index in [2.05, 4.69) is 53.2 Å². The average Bonchev–Trinajstić information content (AvgIpc) is 3.31. The third kappa shape index (κ3) is 4.24. The molecule has 3 amide bonds. The van der Waals surface area contributed by atoms with Crippen molar-refractivity contribution in [2.45, 2.75) is 45.9 Å². The lowest BCUT2D eigenvalue weighted by Crippen LogP contribution is -2.61. The van der Waals surface area contributed by atoms with Crippen LogP contribution < -0.4 is 5.32 Å². The topological polar surface area (TPSA) is 97.5 Å². The van der Waals surface area contributed by atoms with Gasteiger partial charge in [0.2, 0.25) is 0 Å². The first-order valence-electron chi connectivity index (χ1n) is 10.5. The van der Waals surface area contributed by atoms with Gasteiger partial charge >= 0.3 is 6.03 Å². The molecule has 166 valence electrons. The van der Waals surface area contributed by atoms with E-state index in [-0.39, 0.29) is 23.7 Å². The zero-order valence-electron chi connectivity index (χ0n) is 18.2. The molecule has 2 aromatic rings. The Labute approximate surface area is 186 Å².